The number of amides is 1. The van der Waals surface area contributed by atoms with Crippen LogP contribution in [0.25, 0.3) is 0 Å². The molecule has 0 radical (unpaired) electrons. The molecule has 1 aromatic heterocycles. The average Bonchev–Trinajstić information content (AvgIpc) is 2.63. The molecular weight excluding hydrogens is 406 g/mol. The molecule has 1 amide bonds. The number of rotatable bonds is 5. The van der Waals surface area contributed by atoms with E-state index in [-0.39, 0.29) is 5.91 Å². The second-order valence-corrected chi connectivity index (χ2v) is 7.13. The average molecular weight is 425 g/mol. The summed E-state index contributed by atoms with van der Waals surface area (Å²) >= 11 is 9.43. The Morgan fingerprint density at radius 1 is 1.20 bits per heavy atom. The Balaban J connectivity index is 1.44. The summed E-state index contributed by atoms with van der Waals surface area (Å²) in [4.78, 5) is 20.7. The number of hydrogen-bond acceptors (Lipinski definition) is 4. The second-order valence-electron chi connectivity index (χ2n) is 5.80. The molecule has 0 aliphatic carbocycles. The van der Waals surface area contributed by atoms with Crippen molar-refractivity contribution >= 4 is 33.4 Å². The molecule has 25 heavy (non-hydrogen) atoms. The maximum absolute atomic E-state index is 12.5. The van der Waals surface area contributed by atoms with Crippen LogP contribution in [0.5, 0.6) is 5.75 Å². The molecule has 1 aliphatic heterocycles. The van der Waals surface area contributed by atoms with Crippen LogP contribution in [0.3, 0.4) is 0 Å². The van der Waals surface area contributed by atoms with Crippen molar-refractivity contribution in [2.75, 3.05) is 39.3 Å². The molecule has 0 atom stereocenters. The molecule has 0 saturated carbocycles. The Morgan fingerprint density at radius 3 is 2.68 bits per heavy atom. The van der Waals surface area contributed by atoms with Crippen molar-refractivity contribution in [3.05, 3.63) is 57.8 Å². The lowest BCUT2D eigenvalue weighted by atomic mass is 10.2. The Kier molecular flexibility index (Phi) is 6.29. The van der Waals surface area contributed by atoms with E-state index in [0.717, 1.165) is 24.1 Å². The third-order valence-electron chi connectivity index (χ3n) is 4.11. The van der Waals surface area contributed by atoms with Crippen molar-refractivity contribution < 1.29 is 9.53 Å². The molecule has 3 rings (SSSR count). The van der Waals surface area contributed by atoms with Gasteiger partial charge in [0.25, 0.3) is 5.91 Å². The first kappa shape index (κ1) is 18.2. The van der Waals surface area contributed by atoms with Crippen LogP contribution < -0.4 is 4.74 Å². The van der Waals surface area contributed by atoms with E-state index < -0.39 is 0 Å². The molecule has 0 unspecified atom stereocenters. The highest BCUT2D eigenvalue weighted by atomic mass is 79.9. The molecule has 132 valence electrons. The van der Waals surface area contributed by atoms with Crippen molar-refractivity contribution in [2.45, 2.75) is 0 Å². The van der Waals surface area contributed by atoms with Gasteiger partial charge in [-0.05, 0) is 34.1 Å². The molecule has 0 N–H and O–H groups in total. The monoisotopic (exact) mass is 423 g/mol. The first-order valence-electron chi connectivity index (χ1n) is 8.13. The van der Waals surface area contributed by atoms with Gasteiger partial charge in [0.05, 0.1) is 10.6 Å². The lowest BCUT2D eigenvalue weighted by Gasteiger charge is -2.34. The Morgan fingerprint density at radius 2 is 1.96 bits per heavy atom. The van der Waals surface area contributed by atoms with Crippen LogP contribution in [0.4, 0.5) is 0 Å². The van der Waals surface area contributed by atoms with E-state index in [1.54, 1.807) is 18.5 Å². The summed E-state index contributed by atoms with van der Waals surface area (Å²) in [6.45, 7) is 4.46. The van der Waals surface area contributed by atoms with E-state index in [2.05, 4.69) is 25.8 Å². The van der Waals surface area contributed by atoms with E-state index in [4.69, 9.17) is 16.3 Å². The fourth-order valence-corrected chi connectivity index (χ4v) is 3.29. The molecule has 1 aliphatic rings. The normalized spacial score (nSPS) is 15.2. The van der Waals surface area contributed by atoms with Gasteiger partial charge in [0.1, 0.15) is 12.4 Å². The van der Waals surface area contributed by atoms with Crippen LogP contribution in [0.2, 0.25) is 5.02 Å². The number of aromatic nitrogens is 1. The van der Waals surface area contributed by atoms with Crippen LogP contribution >= 0.6 is 27.5 Å². The number of carbonyl (C=O) groups is 1. The predicted octanol–water partition coefficient (Wildman–Crippen LogP) is 3.33. The number of benzene rings is 1. The molecule has 7 heteroatoms. The molecule has 0 spiro atoms. The number of hydrogen-bond donors (Lipinski definition) is 0. The SMILES string of the molecule is O=C(c1cncc(Br)c1)N1CCN(CCOc2ccccc2Cl)CC1. The maximum Gasteiger partial charge on any atom is 0.255 e. The van der Waals surface area contributed by atoms with E-state index >= 15 is 0 Å². The summed E-state index contributed by atoms with van der Waals surface area (Å²) in [5.41, 5.74) is 0.616. The van der Waals surface area contributed by atoms with Gasteiger partial charge in [-0.3, -0.25) is 14.7 Å². The minimum absolute atomic E-state index is 0.0285. The van der Waals surface area contributed by atoms with Crippen molar-refractivity contribution in [1.82, 2.24) is 14.8 Å². The zero-order chi connectivity index (χ0) is 17.6. The predicted molar refractivity (Wildman–Crippen MR) is 101 cm³/mol. The molecule has 1 saturated heterocycles. The van der Waals surface area contributed by atoms with Gasteiger partial charge < -0.3 is 9.64 Å². The van der Waals surface area contributed by atoms with Crippen LogP contribution in [-0.2, 0) is 0 Å². The number of ether oxygens (including phenoxy) is 1. The molecular formula is C18H19BrClN3O2. The summed E-state index contributed by atoms with van der Waals surface area (Å²) in [7, 11) is 0. The van der Waals surface area contributed by atoms with E-state index in [1.807, 2.05) is 29.2 Å². The van der Waals surface area contributed by atoms with Gasteiger partial charge in [0.15, 0.2) is 0 Å². The smallest absolute Gasteiger partial charge is 0.255 e. The molecule has 2 aromatic rings. The largest absolute Gasteiger partial charge is 0.491 e. The standard InChI is InChI=1S/C18H19BrClN3O2/c19-15-11-14(12-21-13-15)18(24)23-7-5-22(6-8-23)9-10-25-17-4-2-1-3-16(17)20/h1-4,11-13H,5-10H2. The van der Waals surface area contributed by atoms with Gasteiger partial charge in [-0.2, -0.15) is 0 Å². The summed E-state index contributed by atoms with van der Waals surface area (Å²) in [6, 6.07) is 9.27. The first-order valence-corrected chi connectivity index (χ1v) is 9.30. The fraction of sp³-hybridized carbons (Fsp3) is 0.333. The number of piperazine rings is 1. The number of halogens is 2. The highest BCUT2D eigenvalue weighted by molar-refractivity contribution is 9.10. The molecule has 5 nitrogen and oxygen atoms in total. The van der Waals surface area contributed by atoms with E-state index in [1.165, 1.54) is 0 Å². The van der Waals surface area contributed by atoms with Gasteiger partial charge >= 0.3 is 0 Å². The molecule has 2 heterocycles. The minimum Gasteiger partial charge on any atom is -0.491 e. The zero-order valence-electron chi connectivity index (χ0n) is 13.7. The van der Waals surface area contributed by atoms with Crippen LogP contribution in [-0.4, -0.2) is 60.0 Å². The zero-order valence-corrected chi connectivity index (χ0v) is 16.0. The third-order valence-corrected chi connectivity index (χ3v) is 4.86. The highest BCUT2D eigenvalue weighted by Gasteiger charge is 2.22. The Labute approximate surface area is 160 Å². The quantitative estimate of drug-likeness (QED) is 0.738. The summed E-state index contributed by atoms with van der Waals surface area (Å²) in [6.07, 6.45) is 3.28. The number of pyridine rings is 1. The van der Waals surface area contributed by atoms with Gasteiger partial charge in [0.2, 0.25) is 0 Å². The molecule has 1 fully saturated rings. The first-order chi connectivity index (χ1) is 12.1. The minimum atomic E-state index is 0.0285. The fourth-order valence-electron chi connectivity index (χ4n) is 2.73. The van der Waals surface area contributed by atoms with Crippen molar-refractivity contribution in [3.63, 3.8) is 0 Å². The topological polar surface area (TPSA) is 45.7 Å². The van der Waals surface area contributed by atoms with Crippen molar-refractivity contribution in [2.24, 2.45) is 0 Å². The molecule has 0 bridgehead atoms. The van der Waals surface area contributed by atoms with Crippen molar-refractivity contribution in [1.29, 1.82) is 0 Å². The van der Waals surface area contributed by atoms with Gasteiger partial charge in [-0.1, -0.05) is 23.7 Å². The number of para-hydroxylation sites is 1. The highest BCUT2D eigenvalue weighted by Crippen LogP contribution is 2.23. The number of carbonyl (C=O) groups excluding carboxylic acids is 1. The van der Waals surface area contributed by atoms with Crippen LogP contribution in [0.1, 0.15) is 10.4 Å². The lowest BCUT2D eigenvalue weighted by molar-refractivity contribution is 0.0620. The summed E-state index contributed by atoms with van der Waals surface area (Å²) < 4.78 is 6.54. The second kappa shape index (κ2) is 8.65. The third kappa shape index (κ3) is 4.93. The van der Waals surface area contributed by atoms with Crippen LogP contribution in [0.15, 0.2) is 47.2 Å². The van der Waals surface area contributed by atoms with E-state index in [0.29, 0.717) is 36.0 Å². The Hall–Kier alpha value is -1.63. The van der Waals surface area contributed by atoms with Crippen LogP contribution in [0, 0.1) is 0 Å². The number of nitrogens with zero attached hydrogens (tertiary/aromatic N) is 3. The van der Waals surface area contributed by atoms with Crippen molar-refractivity contribution in [3.8, 4) is 5.75 Å². The summed E-state index contributed by atoms with van der Waals surface area (Å²) in [5.74, 6) is 0.737. The van der Waals surface area contributed by atoms with Gasteiger partial charge in [-0.25, -0.2) is 0 Å². The Bertz CT molecular complexity index is 736. The molecule has 1 aromatic carbocycles. The van der Waals surface area contributed by atoms with Gasteiger partial charge in [-0.15, -0.1) is 0 Å². The summed E-state index contributed by atoms with van der Waals surface area (Å²) in [5, 5.41) is 0.626. The van der Waals surface area contributed by atoms with Gasteiger partial charge in [0, 0.05) is 49.6 Å². The maximum atomic E-state index is 12.5. The lowest BCUT2D eigenvalue weighted by Crippen LogP contribution is -2.49. The van der Waals surface area contributed by atoms with E-state index in [9.17, 15) is 4.79 Å².